The Morgan fingerprint density at radius 1 is 1.50 bits per heavy atom. The fraction of sp³-hybridized carbons (Fsp3) is 0.857. The highest BCUT2D eigenvalue weighted by Gasteiger charge is 2.19. The summed E-state index contributed by atoms with van der Waals surface area (Å²) in [7, 11) is 1.79. The van der Waals surface area contributed by atoms with Gasteiger partial charge >= 0.3 is 0 Å². The second-order valence-corrected chi connectivity index (χ2v) is 5.53. The van der Waals surface area contributed by atoms with E-state index in [4.69, 9.17) is 4.74 Å². The van der Waals surface area contributed by atoms with Crippen LogP contribution >= 0.6 is 0 Å². The van der Waals surface area contributed by atoms with Crippen LogP contribution < -0.4 is 5.32 Å². The van der Waals surface area contributed by atoms with Gasteiger partial charge in [-0.05, 0) is 59.4 Å². The summed E-state index contributed by atoms with van der Waals surface area (Å²) in [6.45, 7) is 7.63. The van der Waals surface area contributed by atoms with Crippen LogP contribution in [0.1, 0.15) is 52.9 Å². The molecule has 1 aliphatic rings. The lowest BCUT2D eigenvalue weighted by molar-refractivity contribution is 0.00865. The Labute approximate surface area is 100 Å². The maximum atomic E-state index is 5.44. The molecule has 0 aromatic carbocycles. The topological polar surface area (TPSA) is 21.3 Å². The first-order valence-corrected chi connectivity index (χ1v) is 6.50. The normalized spacial score (nSPS) is 18.6. The lowest BCUT2D eigenvalue weighted by atomic mass is 10.00. The molecule has 1 unspecified atom stereocenters. The molecule has 0 saturated carbocycles. The average molecular weight is 225 g/mol. The van der Waals surface area contributed by atoms with Crippen molar-refractivity contribution in [2.24, 2.45) is 0 Å². The molecule has 0 aromatic heterocycles. The molecule has 0 bridgehead atoms. The number of methoxy groups -OCH3 is 1. The van der Waals surface area contributed by atoms with Crippen LogP contribution in [0.25, 0.3) is 0 Å². The highest BCUT2D eigenvalue weighted by atomic mass is 16.5. The minimum Gasteiger partial charge on any atom is -0.379 e. The van der Waals surface area contributed by atoms with Gasteiger partial charge in [0.2, 0.25) is 0 Å². The number of ether oxygens (including phenoxy) is 1. The van der Waals surface area contributed by atoms with E-state index >= 15 is 0 Å². The van der Waals surface area contributed by atoms with Crippen molar-refractivity contribution in [2.75, 3.05) is 13.7 Å². The summed E-state index contributed by atoms with van der Waals surface area (Å²) < 4.78 is 5.44. The molecule has 0 saturated heterocycles. The standard InChI is InChI=1S/C14H27NO/c1-12(11-14(2,3)16-4)15-10-9-13-7-5-6-8-13/h7,12,15H,5-6,8-11H2,1-4H3. The maximum absolute atomic E-state index is 5.44. The molecule has 1 aliphatic carbocycles. The van der Waals surface area contributed by atoms with Crippen LogP contribution in [0.5, 0.6) is 0 Å². The predicted molar refractivity (Wildman–Crippen MR) is 69.7 cm³/mol. The van der Waals surface area contributed by atoms with Crippen molar-refractivity contribution in [1.82, 2.24) is 5.32 Å². The smallest absolute Gasteiger partial charge is 0.0637 e. The molecule has 16 heavy (non-hydrogen) atoms. The Balaban J connectivity index is 2.12. The van der Waals surface area contributed by atoms with E-state index in [9.17, 15) is 0 Å². The van der Waals surface area contributed by atoms with Crippen LogP contribution in [0.2, 0.25) is 0 Å². The fourth-order valence-electron chi connectivity index (χ4n) is 2.34. The van der Waals surface area contributed by atoms with Gasteiger partial charge < -0.3 is 10.1 Å². The van der Waals surface area contributed by atoms with E-state index < -0.39 is 0 Å². The van der Waals surface area contributed by atoms with E-state index in [1.54, 1.807) is 12.7 Å². The molecule has 1 rings (SSSR count). The summed E-state index contributed by atoms with van der Waals surface area (Å²) >= 11 is 0. The zero-order chi connectivity index (χ0) is 12.0. The molecule has 0 radical (unpaired) electrons. The molecular weight excluding hydrogens is 198 g/mol. The second-order valence-electron chi connectivity index (χ2n) is 5.53. The quantitative estimate of drug-likeness (QED) is 0.671. The minimum absolute atomic E-state index is 0.0148. The number of nitrogens with one attached hydrogen (secondary N) is 1. The number of hydrogen-bond acceptors (Lipinski definition) is 2. The maximum Gasteiger partial charge on any atom is 0.0637 e. The number of hydrogen-bond donors (Lipinski definition) is 1. The zero-order valence-corrected chi connectivity index (χ0v) is 11.3. The van der Waals surface area contributed by atoms with E-state index in [1.807, 2.05) is 0 Å². The Morgan fingerprint density at radius 3 is 2.81 bits per heavy atom. The molecule has 0 aliphatic heterocycles. The van der Waals surface area contributed by atoms with Gasteiger partial charge in [-0.15, -0.1) is 0 Å². The summed E-state index contributed by atoms with van der Waals surface area (Å²) in [5.41, 5.74) is 1.63. The number of allylic oxidation sites excluding steroid dienone is 1. The molecule has 0 spiro atoms. The second kappa shape index (κ2) is 6.41. The molecule has 1 atom stereocenters. The average Bonchev–Trinajstić information content (AvgIpc) is 2.70. The first-order chi connectivity index (χ1) is 7.53. The van der Waals surface area contributed by atoms with Crippen molar-refractivity contribution < 1.29 is 4.74 Å². The van der Waals surface area contributed by atoms with Crippen LogP contribution in [0.3, 0.4) is 0 Å². The van der Waals surface area contributed by atoms with Crippen molar-refractivity contribution in [3.63, 3.8) is 0 Å². The molecule has 0 aromatic rings. The Bertz CT molecular complexity index is 233. The number of rotatable bonds is 7. The molecular formula is C14H27NO. The van der Waals surface area contributed by atoms with Gasteiger partial charge in [-0.25, -0.2) is 0 Å². The van der Waals surface area contributed by atoms with Crippen molar-refractivity contribution in [3.05, 3.63) is 11.6 Å². The summed E-state index contributed by atoms with van der Waals surface area (Å²) in [6, 6.07) is 0.525. The van der Waals surface area contributed by atoms with Gasteiger partial charge in [0.1, 0.15) is 0 Å². The van der Waals surface area contributed by atoms with Crippen LogP contribution in [-0.2, 0) is 4.74 Å². The molecule has 94 valence electrons. The third-order valence-electron chi connectivity index (χ3n) is 3.42. The fourth-order valence-corrected chi connectivity index (χ4v) is 2.34. The van der Waals surface area contributed by atoms with Crippen LogP contribution in [-0.4, -0.2) is 25.3 Å². The highest BCUT2D eigenvalue weighted by Crippen LogP contribution is 2.20. The van der Waals surface area contributed by atoms with Gasteiger partial charge in [-0.2, -0.15) is 0 Å². The van der Waals surface area contributed by atoms with Gasteiger partial charge in [0.05, 0.1) is 5.60 Å². The predicted octanol–water partition coefficient (Wildman–Crippen LogP) is 3.28. The summed E-state index contributed by atoms with van der Waals surface area (Å²) in [4.78, 5) is 0. The van der Waals surface area contributed by atoms with E-state index in [0.717, 1.165) is 13.0 Å². The summed E-state index contributed by atoms with van der Waals surface area (Å²) in [5.74, 6) is 0. The third kappa shape index (κ3) is 5.13. The SMILES string of the molecule is COC(C)(C)CC(C)NCCC1=CCCC1. The van der Waals surface area contributed by atoms with Crippen LogP contribution in [0.4, 0.5) is 0 Å². The molecule has 0 amide bonds. The minimum atomic E-state index is -0.0148. The van der Waals surface area contributed by atoms with E-state index in [1.165, 1.54) is 25.7 Å². The van der Waals surface area contributed by atoms with Crippen molar-refractivity contribution in [1.29, 1.82) is 0 Å². The van der Waals surface area contributed by atoms with Crippen molar-refractivity contribution >= 4 is 0 Å². The van der Waals surface area contributed by atoms with Crippen molar-refractivity contribution in [2.45, 2.75) is 64.5 Å². The zero-order valence-electron chi connectivity index (χ0n) is 11.3. The molecule has 0 fully saturated rings. The van der Waals surface area contributed by atoms with Gasteiger partial charge in [0.25, 0.3) is 0 Å². The Hall–Kier alpha value is -0.340. The van der Waals surface area contributed by atoms with E-state index in [2.05, 4.69) is 32.2 Å². The summed E-state index contributed by atoms with van der Waals surface area (Å²) in [5, 5.41) is 3.58. The summed E-state index contributed by atoms with van der Waals surface area (Å²) in [6.07, 6.45) is 8.66. The molecule has 2 heteroatoms. The molecule has 0 heterocycles. The van der Waals surface area contributed by atoms with Crippen LogP contribution in [0.15, 0.2) is 11.6 Å². The molecule has 1 N–H and O–H groups in total. The highest BCUT2D eigenvalue weighted by molar-refractivity contribution is 5.07. The van der Waals surface area contributed by atoms with Crippen molar-refractivity contribution in [3.8, 4) is 0 Å². The largest absolute Gasteiger partial charge is 0.379 e. The van der Waals surface area contributed by atoms with E-state index in [-0.39, 0.29) is 5.60 Å². The lowest BCUT2D eigenvalue weighted by Crippen LogP contribution is -2.36. The first kappa shape index (κ1) is 13.7. The van der Waals surface area contributed by atoms with Crippen LogP contribution in [0, 0.1) is 0 Å². The Kier molecular flexibility index (Phi) is 5.50. The van der Waals surface area contributed by atoms with Gasteiger partial charge in [-0.1, -0.05) is 11.6 Å². The lowest BCUT2D eigenvalue weighted by Gasteiger charge is -2.27. The molecule has 2 nitrogen and oxygen atoms in total. The first-order valence-electron chi connectivity index (χ1n) is 6.50. The van der Waals surface area contributed by atoms with Gasteiger partial charge in [0, 0.05) is 13.2 Å². The van der Waals surface area contributed by atoms with Gasteiger partial charge in [-0.3, -0.25) is 0 Å². The Morgan fingerprint density at radius 2 is 2.25 bits per heavy atom. The monoisotopic (exact) mass is 225 g/mol. The third-order valence-corrected chi connectivity index (χ3v) is 3.42. The van der Waals surface area contributed by atoms with Gasteiger partial charge in [0.15, 0.2) is 0 Å². The van der Waals surface area contributed by atoms with E-state index in [0.29, 0.717) is 6.04 Å².